The van der Waals surface area contributed by atoms with Crippen molar-refractivity contribution in [3.05, 3.63) is 193 Å². The monoisotopic (exact) mass is 602 g/mol. The molecule has 0 spiro atoms. The van der Waals surface area contributed by atoms with Gasteiger partial charge in [-0.3, -0.25) is 0 Å². The van der Waals surface area contributed by atoms with E-state index in [4.69, 9.17) is 0 Å². The minimum atomic E-state index is 0.113. The van der Waals surface area contributed by atoms with Crippen molar-refractivity contribution < 1.29 is 0 Å². The first-order valence-electron chi connectivity index (χ1n) is 15.9. The standard InChI is InChI=1S/C45H30S/c1-2-10-36-28-37(25-18-30(36)8-1)31-16-21-34(22-17-31)45(38-26-27-42-41-13-5-6-15-43(41)46-44(42)29-38)35-23-19-33(20-24-35)40-14-7-11-32-9-3-4-12-39(32)40/h1-29,45H. The maximum Gasteiger partial charge on any atom is 0.0358 e. The van der Waals surface area contributed by atoms with Gasteiger partial charge in [0, 0.05) is 26.1 Å². The number of thiophene rings is 1. The Balaban J connectivity index is 1.15. The van der Waals surface area contributed by atoms with E-state index in [1.165, 1.54) is 80.7 Å². The average molecular weight is 603 g/mol. The Morgan fingerprint density at radius 1 is 0.326 bits per heavy atom. The van der Waals surface area contributed by atoms with Crippen LogP contribution in [0.5, 0.6) is 0 Å². The van der Waals surface area contributed by atoms with Crippen LogP contribution >= 0.6 is 11.3 Å². The molecule has 0 nitrogen and oxygen atoms in total. The molecule has 1 unspecified atom stereocenters. The molecule has 1 atom stereocenters. The summed E-state index contributed by atoms with van der Waals surface area (Å²) >= 11 is 1.89. The van der Waals surface area contributed by atoms with Crippen LogP contribution in [0.15, 0.2) is 176 Å². The second-order valence-electron chi connectivity index (χ2n) is 12.1. The van der Waals surface area contributed by atoms with Crippen molar-refractivity contribution in [2.45, 2.75) is 5.92 Å². The van der Waals surface area contributed by atoms with Gasteiger partial charge in [-0.05, 0) is 78.7 Å². The first-order chi connectivity index (χ1) is 22.8. The molecule has 0 saturated heterocycles. The molecule has 0 aliphatic rings. The van der Waals surface area contributed by atoms with Crippen molar-refractivity contribution in [2.24, 2.45) is 0 Å². The summed E-state index contributed by atoms with van der Waals surface area (Å²) in [5, 5.41) is 7.76. The number of fused-ring (bicyclic) bond motifs is 5. The van der Waals surface area contributed by atoms with Gasteiger partial charge in [-0.15, -0.1) is 11.3 Å². The maximum absolute atomic E-state index is 2.42. The van der Waals surface area contributed by atoms with Crippen molar-refractivity contribution in [3.8, 4) is 22.3 Å². The number of hydrogen-bond donors (Lipinski definition) is 0. The molecule has 0 fully saturated rings. The molecule has 0 N–H and O–H groups in total. The normalized spacial score (nSPS) is 12.3. The summed E-state index contributed by atoms with van der Waals surface area (Å²) in [7, 11) is 0. The molecule has 46 heavy (non-hydrogen) atoms. The van der Waals surface area contributed by atoms with Crippen LogP contribution in [0.3, 0.4) is 0 Å². The molecule has 0 aliphatic carbocycles. The van der Waals surface area contributed by atoms with Crippen LogP contribution in [0, 0.1) is 0 Å². The van der Waals surface area contributed by atoms with Gasteiger partial charge in [-0.25, -0.2) is 0 Å². The van der Waals surface area contributed by atoms with Gasteiger partial charge in [0.1, 0.15) is 0 Å². The second kappa shape index (κ2) is 11.1. The quantitative estimate of drug-likeness (QED) is 0.172. The molecule has 1 heterocycles. The van der Waals surface area contributed by atoms with E-state index in [0.29, 0.717) is 0 Å². The Morgan fingerprint density at radius 2 is 0.913 bits per heavy atom. The van der Waals surface area contributed by atoms with Crippen LogP contribution in [0.4, 0.5) is 0 Å². The topological polar surface area (TPSA) is 0 Å². The van der Waals surface area contributed by atoms with E-state index in [-0.39, 0.29) is 5.92 Å². The second-order valence-corrected chi connectivity index (χ2v) is 13.2. The van der Waals surface area contributed by atoms with Crippen LogP contribution in [0.1, 0.15) is 22.6 Å². The lowest BCUT2D eigenvalue weighted by Gasteiger charge is -2.20. The molecule has 0 radical (unpaired) electrons. The first kappa shape index (κ1) is 26.9. The van der Waals surface area contributed by atoms with E-state index in [2.05, 4.69) is 176 Å². The van der Waals surface area contributed by atoms with Crippen molar-refractivity contribution in [2.75, 3.05) is 0 Å². The molecule has 8 aromatic carbocycles. The van der Waals surface area contributed by atoms with Crippen molar-refractivity contribution in [1.29, 1.82) is 0 Å². The minimum absolute atomic E-state index is 0.113. The Kier molecular flexibility index (Phi) is 6.51. The Hall–Kier alpha value is -5.50. The van der Waals surface area contributed by atoms with Gasteiger partial charge >= 0.3 is 0 Å². The Bertz CT molecular complexity index is 2510. The molecule has 9 aromatic rings. The van der Waals surface area contributed by atoms with Gasteiger partial charge in [-0.2, -0.15) is 0 Å². The largest absolute Gasteiger partial charge is 0.135 e. The fourth-order valence-electron chi connectivity index (χ4n) is 7.07. The van der Waals surface area contributed by atoms with Gasteiger partial charge in [0.2, 0.25) is 0 Å². The molecule has 1 heteroatoms. The fraction of sp³-hybridized carbons (Fsp3) is 0.0222. The zero-order valence-corrected chi connectivity index (χ0v) is 26.0. The van der Waals surface area contributed by atoms with E-state index < -0.39 is 0 Å². The highest BCUT2D eigenvalue weighted by atomic mass is 32.1. The highest BCUT2D eigenvalue weighted by molar-refractivity contribution is 7.25. The smallest absolute Gasteiger partial charge is 0.0358 e. The lowest BCUT2D eigenvalue weighted by atomic mass is 9.83. The van der Waals surface area contributed by atoms with Crippen LogP contribution in [-0.2, 0) is 0 Å². The molecule has 216 valence electrons. The zero-order chi connectivity index (χ0) is 30.5. The van der Waals surface area contributed by atoms with E-state index in [9.17, 15) is 0 Å². The average Bonchev–Trinajstić information content (AvgIpc) is 3.50. The molecule has 0 saturated carbocycles. The van der Waals surface area contributed by atoms with E-state index in [1.54, 1.807) is 0 Å². The van der Waals surface area contributed by atoms with E-state index in [0.717, 1.165) is 0 Å². The van der Waals surface area contributed by atoms with E-state index in [1.807, 2.05) is 11.3 Å². The van der Waals surface area contributed by atoms with E-state index >= 15 is 0 Å². The predicted molar refractivity (Wildman–Crippen MR) is 199 cm³/mol. The third kappa shape index (κ3) is 4.68. The third-order valence-corrected chi connectivity index (χ3v) is 10.5. The Labute approximate surface area is 272 Å². The summed E-state index contributed by atoms with van der Waals surface area (Å²) in [5.74, 6) is 0.113. The fourth-order valence-corrected chi connectivity index (χ4v) is 8.22. The van der Waals surface area contributed by atoms with Gasteiger partial charge in [0.05, 0.1) is 0 Å². The number of hydrogen-bond acceptors (Lipinski definition) is 1. The van der Waals surface area contributed by atoms with Gasteiger partial charge in [0.15, 0.2) is 0 Å². The predicted octanol–water partition coefficient (Wildman–Crippen LogP) is 12.9. The molecule has 0 amide bonds. The van der Waals surface area contributed by atoms with Crippen molar-refractivity contribution >= 4 is 53.1 Å². The highest BCUT2D eigenvalue weighted by Gasteiger charge is 2.19. The molecule has 0 aliphatic heterocycles. The molecule has 0 bridgehead atoms. The van der Waals surface area contributed by atoms with Crippen LogP contribution in [-0.4, -0.2) is 0 Å². The molecule has 9 rings (SSSR count). The lowest BCUT2D eigenvalue weighted by molar-refractivity contribution is 0.981. The summed E-state index contributed by atoms with van der Waals surface area (Å²) in [4.78, 5) is 0. The molecular formula is C45H30S. The number of rotatable bonds is 5. The van der Waals surface area contributed by atoms with Gasteiger partial charge < -0.3 is 0 Å². The Morgan fingerprint density at radius 3 is 1.72 bits per heavy atom. The van der Waals surface area contributed by atoms with Gasteiger partial charge in [-0.1, -0.05) is 158 Å². The SMILES string of the molecule is c1ccc2cc(-c3ccc(C(c4ccc(-c5cccc6ccccc56)cc4)c4ccc5c(c4)sc4ccccc45)cc3)ccc2c1. The summed E-state index contributed by atoms with van der Waals surface area (Å²) in [6, 6.07) is 64.8. The van der Waals surface area contributed by atoms with Crippen LogP contribution in [0.25, 0.3) is 64.0 Å². The maximum atomic E-state index is 2.42. The third-order valence-electron chi connectivity index (χ3n) is 9.41. The molecular weight excluding hydrogens is 573 g/mol. The van der Waals surface area contributed by atoms with Crippen molar-refractivity contribution in [1.82, 2.24) is 0 Å². The van der Waals surface area contributed by atoms with Crippen LogP contribution in [0.2, 0.25) is 0 Å². The summed E-state index contributed by atoms with van der Waals surface area (Å²) in [6.07, 6.45) is 0. The minimum Gasteiger partial charge on any atom is -0.135 e. The van der Waals surface area contributed by atoms with Gasteiger partial charge in [0.25, 0.3) is 0 Å². The zero-order valence-electron chi connectivity index (χ0n) is 25.2. The lowest BCUT2D eigenvalue weighted by Crippen LogP contribution is -2.03. The number of benzene rings is 8. The summed E-state index contributed by atoms with van der Waals surface area (Å²) < 4.78 is 2.68. The molecule has 1 aromatic heterocycles. The summed E-state index contributed by atoms with van der Waals surface area (Å²) in [6.45, 7) is 0. The van der Waals surface area contributed by atoms with Crippen LogP contribution < -0.4 is 0 Å². The first-order valence-corrected chi connectivity index (χ1v) is 16.7. The highest BCUT2D eigenvalue weighted by Crippen LogP contribution is 2.40. The van der Waals surface area contributed by atoms with Crippen molar-refractivity contribution in [3.63, 3.8) is 0 Å². The summed E-state index contributed by atoms with van der Waals surface area (Å²) in [5.41, 5.74) is 8.90.